The molecule has 2 fully saturated rings. The van der Waals surface area contributed by atoms with Gasteiger partial charge < -0.3 is 5.32 Å². The van der Waals surface area contributed by atoms with E-state index in [-0.39, 0.29) is 0 Å². The first-order chi connectivity index (χ1) is 8.52. The number of nitrogens with zero attached hydrogens (tertiary/aromatic N) is 2. The molecular formula is C15H31N3. The van der Waals surface area contributed by atoms with E-state index < -0.39 is 0 Å². The Morgan fingerprint density at radius 2 is 2.00 bits per heavy atom. The molecule has 2 heterocycles. The summed E-state index contributed by atoms with van der Waals surface area (Å²) in [6.07, 6.45) is 4.26. The van der Waals surface area contributed by atoms with Crippen molar-refractivity contribution >= 4 is 0 Å². The lowest BCUT2D eigenvalue weighted by Gasteiger charge is -2.49. The van der Waals surface area contributed by atoms with Crippen LogP contribution < -0.4 is 5.32 Å². The van der Waals surface area contributed by atoms with Crippen LogP contribution in [0.2, 0.25) is 0 Å². The minimum Gasteiger partial charge on any atom is -0.319 e. The van der Waals surface area contributed by atoms with Crippen molar-refractivity contribution in [2.75, 3.05) is 39.8 Å². The molecule has 0 saturated carbocycles. The van der Waals surface area contributed by atoms with Crippen molar-refractivity contribution in [3.63, 3.8) is 0 Å². The van der Waals surface area contributed by atoms with E-state index in [0.29, 0.717) is 5.41 Å². The highest BCUT2D eigenvalue weighted by molar-refractivity contribution is 4.91. The van der Waals surface area contributed by atoms with E-state index in [1.54, 1.807) is 0 Å². The molecule has 2 atom stereocenters. The van der Waals surface area contributed by atoms with Crippen molar-refractivity contribution in [3.8, 4) is 0 Å². The lowest BCUT2D eigenvalue weighted by atomic mass is 9.90. The van der Waals surface area contributed by atoms with Gasteiger partial charge in [0.1, 0.15) is 0 Å². The molecular weight excluding hydrogens is 222 g/mol. The Hall–Kier alpha value is -0.120. The van der Waals surface area contributed by atoms with Crippen LogP contribution in [0.1, 0.15) is 40.0 Å². The molecule has 106 valence electrons. The Balaban J connectivity index is 1.92. The average molecular weight is 253 g/mol. The molecule has 0 aromatic carbocycles. The zero-order valence-corrected chi connectivity index (χ0v) is 12.7. The van der Waals surface area contributed by atoms with Crippen LogP contribution in [0.25, 0.3) is 0 Å². The Bertz CT molecular complexity index is 264. The topological polar surface area (TPSA) is 18.5 Å². The fourth-order valence-corrected chi connectivity index (χ4v) is 3.72. The van der Waals surface area contributed by atoms with Gasteiger partial charge in [-0.1, -0.05) is 20.3 Å². The first-order valence-corrected chi connectivity index (χ1v) is 7.64. The number of piperidine rings is 1. The summed E-state index contributed by atoms with van der Waals surface area (Å²) in [5.74, 6) is 0. The minimum atomic E-state index is 0.375. The van der Waals surface area contributed by atoms with Gasteiger partial charge in [0.05, 0.1) is 0 Å². The van der Waals surface area contributed by atoms with Crippen LogP contribution in [-0.4, -0.2) is 61.7 Å². The van der Waals surface area contributed by atoms with Crippen LogP contribution in [0.4, 0.5) is 0 Å². The van der Waals surface area contributed by atoms with Crippen molar-refractivity contribution in [1.29, 1.82) is 0 Å². The first-order valence-electron chi connectivity index (χ1n) is 7.64. The molecule has 0 radical (unpaired) electrons. The molecule has 2 saturated heterocycles. The molecule has 3 heteroatoms. The molecule has 2 aliphatic rings. The van der Waals surface area contributed by atoms with Gasteiger partial charge in [-0.3, -0.25) is 9.80 Å². The molecule has 2 aliphatic heterocycles. The Labute approximate surface area is 113 Å². The van der Waals surface area contributed by atoms with Gasteiger partial charge in [0.2, 0.25) is 0 Å². The van der Waals surface area contributed by atoms with Crippen molar-refractivity contribution < 1.29 is 0 Å². The van der Waals surface area contributed by atoms with Crippen LogP contribution in [-0.2, 0) is 0 Å². The van der Waals surface area contributed by atoms with Crippen molar-refractivity contribution in [3.05, 3.63) is 0 Å². The maximum absolute atomic E-state index is 3.33. The highest BCUT2D eigenvalue weighted by Gasteiger charge is 2.34. The molecule has 0 amide bonds. The van der Waals surface area contributed by atoms with Gasteiger partial charge in [0.15, 0.2) is 0 Å². The number of hydrogen-bond acceptors (Lipinski definition) is 3. The Morgan fingerprint density at radius 1 is 1.22 bits per heavy atom. The van der Waals surface area contributed by atoms with Crippen molar-refractivity contribution in [2.24, 2.45) is 5.41 Å². The second-order valence-corrected chi connectivity index (χ2v) is 7.12. The van der Waals surface area contributed by atoms with Gasteiger partial charge in [-0.2, -0.15) is 0 Å². The molecule has 0 spiro atoms. The number of fused-ring (bicyclic) bond motifs is 1. The van der Waals surface area contributed by atoms with E-state index >= 15 is 0 Å². The molecule has 1 N–H and O–H groups in total. The largest absolute Gasteiger partial charge is 0.319 e. The molecule has 0 aromatic heterocycles. The van der Waals surface area contributed by atoms with E-state index in [0.717, 1.165) is 18.6 Å². The van der Waals surface area contributed by atoms with E-state index in [1.165, 1.54) is 45.4 Å². The third-order valence-electron chi connectivity index (χ3n) is 4.60. The van der Waals surface area contributed by atoms with Crippen LogP contribution in [0.15, 0.2) is 0 Å². The molecule has 0 aromatic rings. The summed E-state index contributed by atoms with van der Waals surface area (Å²) in [5.41, 5.74) is 0.375. The quantitative estimate of drug-likeness (QED) is 0.824. The van der Waals surface area contributed by atoms with Crippen LogP contribution in [0.5, 0.6) is 0 Å². The summed E-state index contributed by atoms with van der Waals surface area (Å²) in [6, 6.07) is 1.55. The highest BCUT2D eigenvalue weighted by atomic mass is 15.3. The third-order valence-corrected chi connectivity index (χ3v) is 4.60. The summed E-state index contributed by atoms with van der Waals surface area (Å²) in [4.78, 5) is 5.46. The predicted molar refractivity (Wildman–Crippen MR) is 78.0 cm³/mol. The van der Waals surface area contributed by atoms with Gasteiger partial charge in [-0.15, -0.1) is 0 Å². The van der Waals surface area contributed by atoms with Gasteiger partial charge in [-0.25, -0.2) is 0 Å². The number of rotatable bonds is 4. The summed E-state index contributed by atoms with van der Waals surface area (Å²) in [5, 5.41) is 3.33. The zero-order valence-electron chi connectivity index (χ0n) is 12.7. The fraction of sp³-hybridized carbons (Fsp3) is 1.00. The first kappa shape index (κ1) is 14.3. The maximum atomic E-state index is 3.33. The summed E-state index contributed by atoms with van der Waals surface area (Å²) in [7, 11) is 2.06. The molecule has 2 unspecified atom stereocenters. The van der Waals surface area contributed by atoms with Gasteiger partial charge in [0.25, 0.3) is 0 Å². The van der Waals surface area contributed by atoms with Crippen molar-refractivity contribution in [1.82, 2.24) is 15.1 Å². The highest BCUT2D eigenvalue weighted by Crippen LogP contribution is 2.26. The second kappa shape index (κ2) is 5.89. The predicted octanol–water partition coefficient (Wildman–Crippen LogP) is 1.79. The molecule has 0 aliphatic carbocycles. The van der Waals surface area contributed by atoms with Gasteiger partial charge in [0, 0.05) is 38.3 Å². The lowest BCUT2D eigenvalue weighted by Crippen LogP contribution is -2.60. The Kier molecular flexibility index (Phi) is 4.68. The van der Waals surface area contributed by atoms with E-state index in [1.807, 2.05) is 0 Å². The summed E-state index contributed by atoms with van der Waals surface area (Å²) >= 11 is 0. The molecule has 0 bridgehead atoms. The van der Waals surface area contributed by atoms with E-state index in [9.17, 15) is 0 Å². The van der Waals surface area contributed by atoms with Crippen LogP contribution in [0.3, 0.4) is 0 Å². The number of nitrogens with one attached hydrogen (secondary N) is 1. The standard InChI is InChI=1S/C15H31N3/c1-13-9-17-8-6-5-7-14(17)10-18(13)12-15(2,3)11-16-4/h13-14,16H,5-12H2,1-4H3. The monoisotopic (exact) mass is 253 g/mol. The van der Waals surface area contributed by atoms with Crippen molar-refractivity contribution in [2.45, 2.75) is 52.1 Å². The lowest BCUT2D eigenvalue weighted by molar-refractivity contribution is -0.00161. The second-order valence-electron chi connectivity index (χ2n) is 7.12. The van der Waals surface area contributed by atoms with E-state index in [4.69, 9.17) is 0 Å². The molecule has 3 nitrogen and oxygen atoms in total. The van der Waals surface area contributed by atoms with Gasteiger partial charge >= 0.3 is 0 Å². The Morgan fingerprint density at radius 3 is 2.72 bits per heavy atom. The zero-order chi connectivity index (χ0) is 13.2. The summed E-state index contributed by atoms with van der Waals surface area (Å²) < 4.78 is 0. The third kappa shape index (κ3) is 3.46. The number of hydrogen-bond donors (Lipinski definition) is 1. The average Bonchev–Trinajstić information content (AvgIpc) is 2.29. The minimum absolute atomic E-state index is 0.375. The molecule has 2 rings (SSSR count). The number of piperazine rings is 1. The molecule has 18 heavy (non-hydrogen) atoms. The normalized spacial score (nSPS) is 31.3. The fourth-order valence-electron chi connectivity index (χ4n) is 3.72. The maximum Gasteiger partial charge on any atom is 0.0223 e. The van der Waals surface area contributed by atoms with Crippen LogP contribution in [0, 0.1) is 5.41 Å². The summed E-state index contributed by atoms with van der Waals surface area (Å²) in [6.45, 7) is 13.4. The SMILES string of the molecule is CNCC(C)(C)CN1CC2CCCCN2CC1C. The van der Waals surface area contributed by atoms with E-state index in [2.05, 4.69) is 42.9 Å². The smallest absolute Gasteiger partial charge is 0.0223 e. The van der Waals surface area contributed by atoms with Crippen LogP contribution >= 0.6 is 0 Å². The van der Waals surface area contributed by atoms with Gasteiger partial charge in [-0.05, 0) is 38.8 Å².